The Morgan fingerprint density at radius 1 is 1.11 bits per heavy atom. The summed E-state index contributed by atoms with van der Waals surface area (Å²) in [6, 6.07) is 4.08. The lowest BCUT2D eigenvalue weighted by atomic mass is 9.73. The van der Waals surface area contributed by atoms with Crippen molar-refractivity contribution in [1.82, 2.24) is 34.6 Å². The Morgan fingerprint density at radius 3 is 2.56 bits per heavy atom. The van der Waals surface area contributed by atoms with E-state index in [9.17, 15) is 4.39 Å². The van der Waals surface area contributed by atoms with Crippen LogP contribution in [0.1, 0.15) is 38.2 Å². The van der Waals surface area contributed by atoms with Gasteiger partial charge in [0.25, 0.3) is 0 Å². The van der Waals surface area contributed by atoms with Gasteiger partial charge in [0.05, 0.1) is 11.1 Å². The van der Waals surface area contributed by atoms with Crippen molar-refractivity contribution in [2.45, 2.75) is 40.7 Å². The van der Waals surface area contributed by atoms with Crippen molar-refractivity contribution in [1.29, 1.82) is 0 Å². The number of thiophene rings is 1. The second-order valence-electron chi connectivity index (χ2n) is 10.3. The summed E-state index contributed by atoms with van der Waals surface area (Å²) in [6.07, 6.45) is 1.20. The molecular formula is C25H30FN9S. The fourth-order valence-electron chi connectivity index (χ4n) is 5.49. The third kappa shape index (κ3) is 3.72. The molecule has 0 aliphatic carbocycles. The van der Waals surface area contributed by atoms with Gasteiger partial charge in [-0.15, -0.1) is 21.5 Å². The molecule has 2 fully saturated rings. The summed E-state index contributed by atoms with van der Waals surface area (Å²) in [6.45, 7) is 15.9. The fraction of sp³-hybridized carbons (Fsp3) is 0.480. The molecule has 1 N–H and O–H groups in total. The van der Waals surface area contributed by atoms with Crippen LogP contribution in [0.4, 0.5) is 22.0 Å². The number of hydrogen-bond acceptors (Lipinski definition) is 9. The fourth-order valence-corrected chi connectivity index (χ4v) is 6.91. The molecule has 0 amide bonds. The van der Waals surface area contributed by atoms with E-state index in [-0.39, 0.29) is 17.7 Å². The normalized spacial score (nSPS) is 17.1. The molecule has 0 aromatic carbocycles. The standard InChI is InChI=1S/C25H30FN9S/c1-6-33-10-25(11-33)12-34(13-25)19-8-7-18(31-32-19)29-24-27-9-17(26)21(30-24)22-15(4)20-23(36-22)35(14(2)3)16(5)28-20/h7-9,14H,6,10-13H2,1-5H3,(H,27,29,30,31). The maximum atomic E-state index is 14.9. The number of aryl methyl sites for hydroxylation is 2. The molecule has 0 atom stereocenters. The van der Waals surface area contributed by atoms with E-state index >= 15 is 0 Å². The zero-order valence-electron chi connectivity index (χ0n) is 21.2. The Kier molecular flexibility index (Phi) is 5.45. The highest BCUT2D eigenvalue weighted by Gasteiger charge is 2.51. The van der Waals surface area contributed by atoms with E-state index in [1.807, 2.05) is 26.0 Å². The Hall–Kier alpha value is -3.18. The van der Waals surface area contributed by atoms with E-state index < -0.39 is 5.82 Å². The number of likely N-dealkylation sites (tertiary alicyclic amines) is 1. The van der Waals surface area contributed by atoms with Crippen LogP contribution in [0.15, 0.2) is 18.3 Å². The zero-order chi connectivity index (χ0) is 25.2. The van der Waals surface area contributed by atoms with E-state index in [0.717, 1.165) is 52.1 Å². The first kappa shape index (κ1) is 23.2. The van der Waals surface area contributed by atoms with E-state index in [1.165, 1.54) is 30.6 Å². The van der Waals surface area contributed by atoms with Crippen LogP contribution in [-0.4, -0.2) is 67.3 Å². The van der Waals surface area contributed by atoms with Crippen molar-refractivity contribution >= 4 is 39.3 Å². The van der Waals surface area contributed by atoms with Gasteiger partial charge in [0.2, 0.25) is 5.95 Å². The van der Waals surface area contributed by atoms with Crippen molar-refractivity contribution in [3.05, 3.63) is 35.5 Å². The molecule has 6 heterocycles. The van der Waals surface area contributed by atoms with Gasteiger partial charge < -0.3 is 19.7 Å². The largest absolute Gasteiger partial charge is 0.354 e. The van der Waals surface area contributed by atoms with Gasteiger partial charge in [-0.3, -0.25) is 0 Å². The predicted octanol–water partition coefficient (Wildman–Crippen LogP) is 4.57. The highest BCUT2D eigenvalue weighted by molar-refractivity contribution is 7.22. The summed E-state index contributed by atoms with van der Waals surface area (Å²) in [7, 11) is 0. The van der Waals surface area contributed by atoms with E-state index in [0.29, 0.717) is 11.2 Å². The number of hydrogen-bond donors (Lipinski definition) is 1. The highest BCUT2D eigenvalue weighted by Crippen LogP contribution is 2.41. The van der Waals surface area contributed by atoms with E-state index in [4.69, 9.17) is 4.98 Å². The minimum Gasteiger partial charge on any atom is -0.354 e. The number of halogens is 1. The molecule has 188 valence electrons. The third-order valence-electron chi connectivity index (χ3n) is 7.25. The average molecular weight is 508 g/mol. The molecule has 6 rings (SSSR count). The minimum atomic E-state index is -0.467. The second kappa shape index (κ2) is 8.45. The first-order valence-electron chi connectivity index (χ1n) is 12.4. The number of aromatic nitrogens is 6. The number of nitrogens with one attached hydrogen (secondary N) is 1. The molecule has 2 aliphatic heterocycles. The van der Waals surface area contributed by atoms with Gasteiger partial charge in [-0.2, -0.15) is 0 Å². The van der Waals surface area contributed by atoms with Gasteiger partial charge in [0, 0.05) is 37.6 Å². The van der Waals surface area contributed by atoms with Crippen LogP contribution < -0.4 is 10.2 Å². The van der Waals surface area contributed by atoms with Crippen LogP contribution >= 0.6 is 11.3 Å². The Bertz CT molecular complexity index is 1430. The van der Waals surface area contributed by atoms with Crippen molar-refractivity contribution in [2.75, 3.05) is 42.9 Å². The van der Waals surface area contributed by atoms with Crippen molar-refractivity contribution in [3.8, 4) is 10.6 Å². The van der Waals surface area contributed by atoms with Gasteiger partial charge in [0.1, 0.15) is 21.9 Å². The number of imidazole rings is 1. The molecule has 4 aromatic heterocycles. The van der Waals surface area contributed by atoms with Gasteiger partial charge in [0.15, 0.2) is 17.5 Å². The lowest BCUT2D eigenvalue weighted by Gasteiger charge is -2.60. The zero-order valence-corrected chi connectivity index (χ0v) is 22.0. The van der Waals surface area contributed by atoms with Crippen molar-refractivity contribution in [2.24, 2.45) is 5.41 Å². The topological polar surface area (TPSA) is 87.9 Å². The highest BCUT2D eigenvalue weighted by atomic mass is 32.1. The maximum Gasteiger partial charge on any atom is 0.229 e. The van der Waals surface area contributed by atoms with E-state index in [2.05, 4.69) is 60.6 Å². The van der Waals surface area contributed by atoms with Crippen LogP contribution in [0, 0.1) is 25.1 Å². The Balaban J connectivity index is 1.20. The van der Waals surface area contributed by atoms with Gasteiger partial charge >= 0.3 is 0 Å². The third-order valence-corrected chi connectivity index (χ3v) is 8.53. The van der Waals surface area contributed by atoms with Crippen LogP contribution in [0.5, 0.6) is 0 Å². The SMILES string of the molecule is CCN1CC2(C1)CN(c1ccc(Nc3ncc(F)c(-c4sc5c(nc(C)n5C(C)C)c4C)n3)nn1)C2. The molecule has 0 saturated carbocycles. The van der Waals surface area contributed by atoms with Crippen molar-refractivity contribution in [3.63, 3.8) is 0 Å². The van der Waals surface area contributed by atoms with Crippen LogP contribution in [0.2, 0.25) is 0 Å². The molecular weight excluding hydrogens is 477 g/mol. The molecule has 9 nitrogen and oxygen atoms in total. The maximum absolute atomic E-state index is 14.9. The van der Waals surface area contributed by atoms with Crippen LogP contribution in [0.25, 0.3) is 20.9 Å². The molecule has 1 spiro atoms. The number of rotatable bonds is 6. The predicted molar refractivity (Wildman–Crippen MR) is 141 cm³/mol. The molecule has 2 saturated heterocycles. The van der Waals surface area contributed by atoms with Crippen LogP contribution in [0.3, 0.4) is 0 Å². The summed E-state index contributed by atoms with van der Waals surface area (Å²) in [4.78, 5) is 19.9. The van der Waals surface area contributed by atoms with E-state index in [1.54, 1.807) is 0 Å². The Labute approximate surface area is 213 Å². The van der Waals surface area contributed by atoms with Crippen molar-refractivity contribution < 1.29 is 4.39 Å². The quantitative estimate of drug-likeness (QED) is 0.406. The molecule has 0 unspecified atom stereocenters. The van der Waals surface area contributed by atoms with Gasteiger partial charge in [-0.05, 0) is 51.9 Å². The summed E-state index contributed by atoms with van der Waals surface area (Å²) >= 11 is 1.51. The second-order valence-corrected chi connectivity index (χ2v) is 11.3. The van der Waals surface area contributed by atoms with Crippen LogP contribution in [-0.2, 0) is 0 Å². The molecule has 2 aliphatic rings. The number of anilines is 3. The summed E-state index contributed by atoms with van der Waals surface area (Å²) in [5.41, 5.74) is 2.51. The average Bonchev–Trinajstić information content (AvgIpc) is 3.29. The lowest BCUT2D eigenvalue weighted by Crippen LogP contribution is -2.72. The van der Waals surface area contributed by atoms with Gasteiger partial charge in [-0.1, -0.05) is 6.92 Å². The molecule has 0 radical (unpaired) electrons. The monoisotopic (exact) mass is 507 g/mol. The molecule has 11 heteroatoms. The first-order chi connectivity index (χ1) is 17.3. The van der Waals surface area contributed by atoms with Gasteiger partial charge in [-0.25, -0.2) is 19.3 Å². The minimum absolute atomic E-state index is 0.261. The molecule has 4 aromatic rings. The number of nitrogens with zero attached hydrogens (tertiary/aromatic N) is 8. The lowest BCUT2D eigenvalue weighted by molar-refractivity contribution is -0.0182. The first-order valence-corrected chi connectivity index (χ1v) is 13.2. The summed E-state index contributed by atoms with van der Waals surface area (Å²) < 4.78 is 17.0. The molecule has 36 heavy (non-hydrogen) atoms. The summed E-state index contributed by atoms with van der Waals surface area (Å²) in [5, 5.41) is 11.8. The Morgan fingerprint density at radius 2 is 1.89 bits per heavy atom. The molecule has 0 bridgehead atoms. The smallest absolute Gasteiger partial charge is 0.229 e. The summed E-state index contributed by atoms with van der Waals surface area (Å²) in [5.74, 6) is 2.16. The number of fused-ring (bicyclic) bond motifs is 1.